The van der Waals surface area contributed by atoms with Gasteiger partial charge in [-0.2, -0.15) is 0 Å². The van der Waals surface area contributed by atoms with E-state index in [1.807, 2.05) is 7.05 Å². The van der Waals surface area contributed by atoms with Gasteiger partial charge in [-0.05, 0) is 45.6 Å². The fourth-order valence-corrected chi connectivity index (χ4v) is 3.44. The zero-order valence-electron chi connectivity index (χ0n) is 16.0. The summed E-state index contributed by atoms with van der Waals surface area (Å²) in [5.74, 6) is 0.890. The average Bonchev–Trinajstić information content (AvgIpc) is 3.06. The third-order valence-electron chi connectivity index (χ3n) is 4.90. The highest BCUT2D eigenvalue weighted by Gasteiger charge is 2.23. The number of rotatable bonds is 7. The maximum absolute atomic E-state index is 4.38. The molecule has 1 aromatic rings. The van der Waals surface area contributed by atoms with Gasteiger partial charge < -0.3 is 15.5 Å². The summed E-state index contributed by atoms with van der Waals surface area (Å²) in [7, 11) is 6.08. The summed E-state index contributed by atoms with van der Waals surface area (Å²) in [6.07, 6.45) is 2.59. The Bertz CT molecular complexity index is 506. The molecule has 1 aliphatic rings. The molecule has 1 aromatic carbocycles. The predicted octanol–water partition coefficient (Wildman–Crippen LogP) is 2.56. The van der Waals surface area contributed by atoms with E-state index in [4.69, 9.17) is 0 Å². The number of hydrogen-bond acceptors (Lipinski definition) is 3. The number of likely N-dealkylation sites (tertiary alicyclic amines) is 1. The number of benzene rings is 1. The fraction of sp³-hybridized carbons (Fsp3) is 0.632. The van der Waals surface area contributed by atoms with Crippen LogP contribution in [0, 0.1) is 0 Å². The van der Waals surface area contributed by atoms with Crippen molar-refractivity contribution in [2.45, 2.75) is 31.8 Å². The highest BCUT2D eigenvalue weighted by atomic mass is 127. The lowest BCUT2D eigenvalue weighted by Crippen LogP contribution is -2.46. The van der Waals surface area contributed by atoms with Gasteiger partial charge in [0.15, 0.2) is 5.96 Å². The van der Waals surface area contributed by atoms with Crippen molar-refractivity contribution in [2.24, 2.45) is 4.99 Å². The van der Waals surface area contributed by atoms with Crippen LogP contribution in [-0.4, -0.2) is 69.1 Å². The Morgan fingerprint density at radius 1 is 1.28 bits per heavy atom. The van der Waals surface area contributed by atoms with E-state index in [0.717, 1.165) is 25.6 Å². The molecular weight excluding hydrogens is 425 g/mol. The molecule has 2 rings (SSSR count). The first-order valence-electron chi connectivity index (χ1n) is 9.05. The lowest BCUT2D eigenvalue weighted by atomic mass is 10.1. The third-order valence-corrected chi connectivity index (χ3v) is 4.90. The molecule has 1 aliphatic heterocycles. The third kappa shape index (κ3) is 6.75. The summed E-state index contributed by atoms with van der Waals surface area (Å²) < 4.78 is 0. The maximum atomic E-state index is 4.38. The second kappa shape index (κ2) is 11.7. The first kappa shape index (κ1) is 22.2. The molecule has 0 aromatic heterocycles. The Morgan fingerprint density at radius 2 is 2.00 bits per heavy atom. The van der Waals surface area contributed by atoms with Gasteiger partial charge in [0.2, 0.25) is 0 Å². The summed E-state index contributed by atoms with van der Waals surface area (Å²) >= 11 is 0. The molecule has 6 heteroatoms. The molecule has 0 bridgehead atoms. The van der Waals surface area contributed by atoms with Gasteiger partial charge in [-0.1, -0.05) is 37.3 Å². The number of aliphatic imine (C=N–C) groups is 1. The highest BCUT2D eigenvalue weighted by molar-refractivity contribution is 14.0. The van der Waals surface area contributed by atoms with E-state index in [1.165, 1.54) is 24.9 Å². The predicted molar refractivity (Wildman–Crippen MR) is 118 cm³/mol. The van der Waals surface area contributed by atoms with Crippen molar-refractivity contribution in [2.75, 3.05) is 47.3 Å². The lowest BCUT2D eigenvalue weighted by Gasteiger charge is -2.27. The molecule has 2 atom stereocenters. The van der Waals surface area contributed by atoms with Crippen molar-refractivity contribution in [3.63, 3.8) is 0 Å². The standard InChI is InChI=1S/C19H33N5.HI/c1-5-24-13-9-12-17(24)14-21-19(20-2)22-15-18(23(3)4)16-10-7-6-8-11-16;/h6-8,10-11,17-18H,5,9,12-15H2,1-4H3,(H2,20,21,22);1H. The van der Waals surface area contributed by atoms with Gasteiger partial charge in [0, 0.05) is 26.2 Å². The Balaban J connectivity index is 0.00000312. The van der Waals surface area contributed by atoms with Crippen LogP contribution in [0.25, 0.3) is 0 Å². The minimum atomic E-state index is 0. The van der Waals surface area contributed by atoms with Gasteiger partial charge in [0.05, 0.1) is 6.04 Å². The zero-order valence-corrected chi connectivity index (χ0v) is 18.4. The van der Waals surface area contributed by atoms with E-state index in [0.29, 0.717) is 12.1 Å². The lowest BCUT2D eigenvalue weighted by molar-refractivity contribution is 0.266. The SMILES string of the molecule is CCN1CCCC1CNC(=NC)NCC(c1ccccc1)N(C)C.I. The number of guanidine groups is 1. The van der Waals surface area contributed by atoms with Gasteiger partial charge >= 0.3 is 0 Å². The Morgan fingerprint density at radius 3 is 2.60 bits per heavy atom. The van der Waals surface area contributed by atoms with E-state index in [1.54, 1.807) is 0 Å². The molecule has 2 N–H and O–H groups in total. The number of nitrogens with one attached hydrogen (secondary N) is 2. The molecule has 0 aliphatic carbocycles. The van der Waals surface area contributed by atoms with Crippen LogP contribution in [0.15, 0.2) is 35.3 Å². The molecule has 1 fully saturated rings. The van der Waals surface area contributed by atoms with Crippen LogP contribution in [0.4, 0.5) is 0 Å². The zero-order chi connectivity index (χ0) is 17.4. The summed E-state index contributed by atoms with van der Waals surface area (Å²) in [5, 5.41) is 6.98. The van der Waals surface area contributed by atoms with Crippen LogP contribution in [0.2, 0.25) is 0 Å². The van der Waals surface area contributed by atoms with E-state index >= 15 is 0 Å². The van der Waals surface area contributed by atoms with Crippen LogP contribution < -0.4 is 10.6 Å². The summed E-state index contributed by atoms with van der Waals surface area (Å²) in [4.78, 5) is 9.17. The highest BCUT2D eigenvalue weighted by Crippen LogP contribution is 2.17. The van der Waals surface area contributed by atoms with E-state index in [-0.39, 0.29) is 24.0 Å². The topological polar surface area (TPSA) is 42.9 Å². The summed E-state index contributed by atoms with van der Waals surface area (Å²) in [6, 6.07) is 11.6. The molecule has 5 nitrogen and oxygen atoms in total. The van der Waals surface area contributed by atoms with Gasteiger partial charge in [0.25, 0.3) is 0 Å². The molecule has 0 saturated carbocycles. The van der Waals surface area contributed by atoms with E-state index < -0.39 is 0 Å². The quantitative estimate of drug-likeness (QED) is 0.374. The van der Waals surface area contributed by atoms with Gasteiger partial charge in [-0.15, -0.1) is 24.0 Å². The van der Waals surface area contributed by atoms with Crippen LogP contribution in [0.5, 0.6) is 0 Å². The van der Waals surface area contributed by atoms with Crippen molar-refractivity contribution in [1.29, 1.82) is 0 Å². The Kier molecular flexibility index (Phi) is 10.4. The molecular formula is C19H34IN5. The monoisotopic (exact) mass is 459 g/mol. The van der Waals surface area contributed by atoms with Gasteiger partial charge in [-0.3, -0.25) is 9.89 Å². The van der Waals surface area contributed by atoms with Crippen LogP contribution in [0.1, 0.15) is 31.4 Å². The van der Waals surface area contributed by atoms with Crippen molar-refractivity contribution >= 4 is 29.9 Å². The minimum Gasteiger partial charge on any atom is -0.355 e. The Hall–Kier alpha value is -0.860. The number of nitrogens with zero attached hydrogens (tertiary/aromatic N) is 3. The number of likely N-dealkylation sites (N-methyl/N-ethyl adjacent to an activating group) is 2. The molecule has 2 unspecified atom stereocenters. The first-order chi connectivity index (χ1) is 11.7. The van der Waals surface area contributed by atoms with Crippen LogP contribution in [-0.2, 0) is 0 Å². The van der Waals surface area contributed by atoms with Gasteiger partial charge in [0.1, 0.15) is 0 Å². The van der Waals surface area contributed by atoms with Crippen LogP contribution in [0.3, 0.4) is 0 Å². The second-order valence-corrected chi connectivity index (χ2v) is 6.65. The van der Waals surface area contributed by atoms with Crippen molar-refractivity contribution in [1.82, 2.24) is 20.4 Å². The molecule has 0 amide bonds. The molecule has 1 heterocycles. The molecule has 25 heavy (non-hydrogen) atoms. The minimum absolute atomic E-state index is 0. The van der Waals surface area contributed by atoms with E-state index in [9.17, 15) is 0 Å². The average molecular weight is 459 g/mol. The summed E-state index contributed by atoms with van der Waals surface area (Å²) in [6.45, 7) is 6.40. The second-order valence-electron chi connectivity index (χ2n) is 6.65. The normalized spacial score (nSPS) is 19.6. The smallest absolute Gasteiger partial charge is 0.191 e. The molecule has 1 saturated heterocycles. The maximum Gasteiger partial charge on any atom is 0.191 e. The van der Waals surface area contributed by atoms with Gasteiger partial charge in [-0.25, -0.2) is 0 Å². The molecule has 0 spiro atoms. The molecule has 0 radical (unpaired) electrons. The fourth-order valence-electron chi connectivity index (χ4n) is 3.44. The van der Waals surface area contributed by atoms with Crippen molar-refractivity contribution in [3.8, 4) is 0 Å². The first-order valence-corrected chi connectivity index (χ1v) is 9.05. The largest absolute Gasteiger partial charge is 0.355 e. The van der Waals surface area contributed by atoms with Crippen molar-refractivity contribution < 1.29 is 0 Å². The van der Waals surface area contributed by atoms with Crippen LogP contribution >= 0.6 is 24.0 Å². The van der Waals surface area contributed by atoms with Crippen molar-refractivity contribution in [3.05, 3.63) is 35.9 Å². The number of hydrogen-bond donors (Lipinski definition) is 2. The molecule has 142 valence electrons. The number of halogens is 1. The Labute approximate surface area is 170 Å². The van der Waals surface area contributed by atoms with E-state index in [2.05, 4.69) is 76.8 Å². The summed E-state index contributed by atoms with van der Waals surface area (Å²) in [5.41, 5.74) is 1.32.